The third-order valence-electron chi connectivity index (χ3n) is 6.50. The highest BCUT2D eigenvalue weighted by Gasteiger charge is 2.48. The van der Waals surface area contributed by atoms with E-state index < -0.39 is 0 Å². The number of anilines is 1. The number of likely N-dealkylation sites (tertiary alicyclic amines) is 1. The molecule has 1 spiro atoms. The van der Waals surface area contributed by atoms with Crippen molar-refractivity contribution < 1.29 is 14.6 Å². The average molecular weight is 375 g/mol. The van der Waals surface area contributed by atoms with Crippen molar-refractivity contribution in [1.29, 1.82) is 0 Å². The van der Waals surface area contributed by atoms with Gasteiger partial charge in [-0.1, -0.05) is 0 Å². The van der Waals surface area contributed by atoms with Crippen LogP contribution in [0.4, 0.5) is 5.82 Å². The van der Waals surface area contributed by atoms with Gasteiger partial charge in [0.25, 0.3) is 0 Å². The number of carbonyl (C=O) groups is 1. The van der Waals surface area contributed by atoms with E-state index in [4.69, 9.17) is 4.74 Å². The van der Waals surface area contributed by atoms with Crippen molar-refractivity contribution in [3.63, 3.8) is 0 Å². The lowest BCUT2D eigenvalue weighted by Gasteiger charge is -2.42. The number of aromatic nitrogens is 2. The van der Waals surface area contributed by atoms with Gasteiger partial charge < -0.3 is 19.6 Å². The molecular weight excluding hydrogens is 346 g/mol. The first-order valence-electron chi connectivity index (χ1n) is 9.90. The topological polar surface area (TPSA) is 82.0 Å². The zero-order valence-electron chi connectivity index (χ0n) is 15.8. The standard InChI is InChI=1S/C19H29N5O3/c25-13-16-11-24(17-1-4-20-15-21-17)14-19(16)2-5-23(6-3-19)18(26)12-22-7-9-27-10-8-22/h1,4,15-16,25H,2-3,5-14H2. The van der Waals surface area contributed by atoms with E-state index >= 15 is 0 Å². The number of hydrogen-bond acceptors (Lipinski definition) is 7. The van der Waals surface area contributed by atoms with Gasteiger partial charge in [-0.3, -0.25) is 9.69 Å². The van der Waals surface area contributed by atoms with Gasteiger partial charge in [0.05, 0.1) is 19.8 Å². The molecule has 1 aromatic heterocycles. The molecule has 0 aromatic carbocycles. The van der Waals surface area contributed by atoms with E-state index in [1.807, 2.05) is 11.0 Å². The number of rotatable bonds is 4. The molecule has 3 fully saturated rings. The molecule has 8 nitrogen and oxygen atoms in total. The first-order valence-corrected chi connectivity index (χ1v) is 9.90. The van der Waals surface area contributed by atoms with E-state index in [1.165, 1.54) is 0 Å². The third kappa shape index (κ3) is 3.93. The van der Waals surface area contributed by atoms with Crippen LogP contribution in [-0.4, -0.2) is 96.4 Å². The van der Waals surface area contributed by atoms with Gasteiger partial charge in [-0.2, -0.15) is 0 Å². The minimum Gasteiger partial charge on any atom is -0.396 e. The monoisotopic (exact) mass is 375 g/mol. The van der Waals surface area contributed by atoms with Crippen LogP contribution in [0.25, 0.3) is 0 Å². The van der Waals surface area contributed by atoms with Crippen molar-refractivity contribution in [2.24, 2.45) is 11.3 Å². The lowest BCUT2D eigenvalue weighted by atomic mass is 9.71. The number of piperidine rings is 1. The molecule has 148 valence electrons. The SMILES string of the molecule is O=C(CN1CCOCC1)N1CCC2(CC1)CN(c1ccncn1)CC2CO. The van der Waals surface area contributed by atoms with Crippen molar-refractivity contribution in [3.8, 4) is 0 Å². The maximum Gasteiger partial charge on any atom is 0.236 e. The summed E-state index contributed by atoms with van der Waals surface area (Å²) in [6.07, 6.45) is 5.21. The lowest BCUT2D eigenvalue weighted by molar-refractivity contribution is -0.136. The zero-order chi connectivity index (χ0) is 18.7. The first-order chi connectivity index (χ1) is 13.2. The molecule has 27 heavy (non-hydrogen) atoms. The quantitative estimate of drug-likeness (QED) is 0.783. The number of aliphatic hydroxyl groups is 1. The highest BCUT2D eigenvalue weighted by Crippen LogP contribution is 2.45. The van der Waals surface area contributed by atoms with Crippen LogP contribution in [0.2, 0.25) is 0 Å². The zero-order valence-corrected chi connectivity index (χ0v) is 15.8. The lowest BCUT2D eigenvalue weighted by Crippen LogP contribution is -2.50. The Balaban J connectivity index is 1.36. The van der Waals surface area contributed by atoms with Crippen LogP contribution in [0.3, 0.4) is 0 Å². The Kier molecular flexibility index (Phi) is 5.56. The highest BCUT2D eigenvalue weighted by atomic mass is 16.5. The summed E-state index contributed by atoms with van der Waals surface area (Å²) in [5.41, 5.74) is 0.0649. The van der Waals surface area contributed by atoms with Gasteiger partial charge in [0, 0.05) is 58.0 Å². The van der Waals surface area contributed by atoms with Gasteiger partial charge in [-0.05, 0) is 24.3 Å². The maximum atomic E-state index is 12.7. The van der Waals surface area contributed by atoms with E-state index in [0.717, 1.165) is 57.9 Å². The largest absolute Gasteiger partial charge is 0.396 e. The second-order valence-corrected chi connectivity index (χ2v) is 7.96. The van der Waals surface area contributed by atoms with Crippen LogP contribution in [0.5, 0.6) is 0 Å². The Morgan fingerprint density at radius 1 is 1.26 bits per heavy atom. The van der Waals surface area contributed by atoms with Crippen molar-refractivity contribution in [3.05, 3.63) is 18.6 Å². The molecule has 3 saturated heterocycles. The fourth-order valence-electron chi connectivity index (χ4n) is 4.75. The molecule has 3 aliphatic heterocycles. The normalized spacial score (nSPS) is 25.9. The summed E-state index contributed by atoms with van der Waals surface area (Å²) in [5.74, 6) is 1.37. The molecule has 0 radical (unpaired) electrons. The summed E-state index contributed by atoms with van der Waals surface area (Å²) in [4.78, 5) is 27.5. The fourth-order valence-corrected chi connectivity index (χ4v) is 4.75. The number of nitrogens with zero attached hydrogens (tertiary/aromatic N) is 5. The minimum atomic E-state index is 0.0649. The predicted octanol–water partition coefficient (Wildman–Crippen LogP) is -0.154. The van der Waals surface area contributed by atoms with Gasteiger partial charge >= 0.3 is 0 Å². The molecule has 4 rings (SSSR count). The van der Waals surface area contributed by atoms with E-state index in [0.29, 0.717) is 19.8 Å². The van der Waals surface area contributed by atoms with Gasteiger partial charge in [0.1, 0.15) is 12.1 Å². The molecule has 1 atom stereocenters. The van der Waals surface area contributed by atoms with Gasteiger partial charge in [-0.15, -0.1) is 0 Å². The molecular formula is C19H29N5O3. The van der Waals surface area contributed by atoms with Crippen molar-refractivity contribution >= 4 is 11.7 Å². The molecule has 0 aliphatic carbocycles. The molecule has 0 saturated carbocycles. The molecule has 8 heteroatoms. The van der Waals surface area contributed by atoms with Crippen molar-refractivity contribution in [2.45, 2.75) is 12.8 Å². The number of ether oxygens (including phenoxy) is 1. The molecule has 1 aromatic rings. The smallest absolute Gasteiger partial charge is 0.236 e. The van der Waals surface area contributed by atoms with Crippen LogP contribution in [0.15, 0.2) is 18.6 Å². The third-order valence-corrected chi connectivity index (χ3v) is 6.50. The van der Waals surface area contributed by atoms with Crippen LogP contribution >= 0.6 is 0 Å². The molecule has 1 N–H and O–H groups in total. The molecule has 4 heterocycles. The summed E-state index contributed by atoms with van der Waals surface area (Å²) in [6.45, 7) is 7.04. The molecule has 1 unspecified atom stereocenters. The summed E-state index contributed by atoms with van der Waals surface area (Å²) in [6, 6.07) is 1.93. The number of aliphatic hydroxyl groups excluding tert-OH is 1. The number of carbonyl (C=O) groups excluding carboxylic acids is 1. The summed E-state index contributed by atoms with van der Waals surface area (Å²) in [7, 11) is 0. The van der Waals surface area contributed by atoms with E-state index in [-0.39, 0.29) is 23.8 Å². The van der Waals surface area contributed by atoms with Crippen LogP contribution in [0, 0.1) is 11.3 Å². The number of amides is 1. The van der Waals surface area contributed by atoms with E-state index in [9.17, 15) is 9.90 Å². The van der Waals surface area contributed by atoms with Crippen molar-refractivity contribution in [1.82, 2.24) is 19.8 Å². The Morgan fingerprint density at radius 3 is 2.70 bits per heavy atom. The van der Waals surface area contributed by atoms with Crippen molar-refractivity contribution in [2.75, 3.05) is 70.5 Å². The predicted molar refractivity (Wildman–Crippen MR) is 100 cm³/mol. The van der Waals surface area contributed by atoms with Crippen LogP contribution in [0.1, 0.15) is 12.8 Å². The summed E-state index contributed by atoms with van der Waals surface area (Å²) >= 11 is 0. The number of morpholine rings is 1. The Morgan fingerprint density at radius 2 is 2.04 bits per heavy atom. The fraction of sp³-hybridized carbons (Fsp3) is 0.737. The second-order valence-electron chi connectivity index (χ2n) is 7.96. The Bertz CT molecular complexity index is 629. The average Bonchev–Trinajstić information content (AvgIpc) is 3.08. The maximum absolute atomic E-state index is 12.7. The molecule has 3 aliphatic rings. The van der Waals surface area contributed by atoms with Gasteiger partial charge in [-0.25, -0.2) is 9.97 Å². The van der Waals surface area contributed by atoms with Crippen LogP contribution in [-0.2, 0) is 9.53 Å². The van der Waals surface area contributed by atoms with E-state index in [1.54, 1.807) is 12.5 Å². The summed E-state index contributed by atoms with van der Waals surface area (Å²) in [5, 5.41) is 9.98. The molecule has 0 bridgehead atoms. The Labute approximate surface area is 160 Å². The van der Waals surface area contributed by atoms with Gasteiger partial charge in [0.15, 0.2) is 0 Å². The molecule has 1 amide bonds. The highest BCUT2D eigenvalue weighted by molar-refractivity contribution is 5.78. The van der Waals surface area contributed by atoms with E-state index in [2.05, 4.69) is 19.8 Å². The number of hydrogen-bond donors (Lipinski definition) is 1. The Hall–Kier alpha value is -1.77. The first kappa shape index (κ1) is 18.6. The minimum absolute atomic E-state index is 0.0649. The summed E-state index contributed by atoms with van der Waals surface area (Å²) < 4.78 is 5.36. The van der Waals surface area contributed by atoms with Crippen LogP contribution < -0.4 is 4.90 Å². The second kappa shape index (κ2) is 8.08. The van der Waals surface area contributed by atoms with Gasteiger partial charge in [0.2, 0.25) is 5.91 Å².